The lowest BCUT2D eigenvalue weighted by Gasteiger charge is -2.17. The molecular formula is C35H30F2N2O3. The van der Waals surface area contributed by atoms with Crippen LogP contribution in [0.2, 0.25) is 0 Å². The Labute approximate surface area is 242 Å². The first-order valence-corrected chi connectivity index (χ1v) is 13.9. The van der Waals surface area contributed by atoms with Crippen LogP contribution in [0.3, 0.4) is 0 Å². The Hall–Kier alpha value is -4.65. The lowest BCUT2D eigenvalue weighted by Crippen LogP contribution is -2.18. The molecule has 0 spiro atoms. The zero-order chi connectivity index (χ0) is 29.8. The van der Waals surface area contributed by atoms with Crippen molar-refractivity contribution in [2.45, 2.75) is 45.4 Å². The second-order valence-corrected chi connectivity index (χ2v) is 11.2. The van der Waals surface area contributed by atoms with Gasteiger partial charge < -0.3 is 9.73 Å². The maximum atomic E-state index is 16.5. The highest BCUT2D eigenvalue weighted by Gasteiger charge is 2.47. The summed E-state index contributed by atoms with van der Waals surface area (Å²) in [6.07, 6.45) is 2.13. The van der Waals surface area contributed by atoms with Gasteiger partial charge in [0.1, 0.15) is 23.0 Å². The smallest absolute Gasteiger partial charge is 0.255 e. The number of halogens is 2. The maximum absolute atomic E-state index is 16.5. The predicted octanol–water partition coefficient (Wildman–Crippen LogP) is 8.03. The van der Waals surface area contributed by atoms with Crippen LogP contribution in [0.1, 0.15) is 62.5 Å². The number of hydrogen-bond acceptors (Lipinski definition) is 4. The van der Waals surface area contributed by atoms with Gasteiger partial charge in [-0.1, -0.05) is 12.1 Å². The van der Waals surface area contributed by atoms with Crippen molar-refractivity contribution in [1.29, 1.82) is 0 Å². The Bertz CT molecular complexity index is 1890. The lowest BCUT2D eigenvalue weighted by molar-refractivity contribution is 0.0958. The molecule has 1 fully saturated rings. The van der Waals surface area contributed by atoms with Gasteiger partial charge in [0, 0.05) is 47.0 Å². The van der Waals surface area contributed by atoms with Crippen molar-refractivity contribution in [3.63, 3.8) is 0 Å². The van der Waals surface area contributed by atoms with Crippen LogP contribution in [-0.4, -0.2) is 23.7 Å². The molecule has 212 valence electrons. The quantitative estimate of drug-likeness (QED) is 0.203. The number of fused-ring (bicyclic) bond motifs is 1. The summed E-state index contributed by atoms with van der Waals surface area (Å²) in [6, 6.07) is 18.3. The topological polar surface area (TPSA) is 72.2 Å². The highest BCUT2D eigenvalue weighted by Crippen LogP contribution is 2.51. The SMILES string of the molecule is CNC(=O)c1c(-c2ccc(F)cc2)oc2ccc(-c3cc(C(=O)CC4(c5cccc(C)n5)CC4)c(C)cc3C)c(F)c12. The second-order valence-electron chi connectivity index (χ2n) is 11.2. The molecule has 6 rings (SSSR count). The van der Waals surface area contributed by atoms with Crippen LogP contribution in [0, 0.1) is 32.4 Å². The van der Waals surface area contributed by atoms with E-state index in [9.17, 15) is 14.0 Å². The van der Waals surface area contributed by atoms with E-state index in [1.807, 2.05) is 45.0 Å². The molecule has 1 saturated carbocycles. The van der Waals surface area contributed by atoms with E-state index in [1.54, 1.807) is 18.2 Å². The molecule has 5 nitrogen and oxygen atoms in total. The number of hydrogen-bond donors (Lipinski definition) is 1. The van der Waals surface area contributed by atoms with Gasteiger partial charge in [0.05, 0.1) is 10.9 Å². The van der Waals surface area contributed by atoms with Gasteiger partial charge in [-0.3, -0.25) is 14.6 Å². The summed E-state index contributed by atoms with van der Waals surface area (Å²) in [4.78, 5) is 31.4. The number of carbonyl (C=O) groups is 2. The van der Waals surface area contributed by atoms with Crippen LogP contribution < -0.4 is 5.32 Å². The molecule has 42 heavy (non-hydrogen) atoms. The molecule has 1 aliphatic carbocycles. The number of rotatable bonds is 7. The molecule has 1 aliphatic rings. The van der Waals surface area contributed by atoms with Crippen molar-refractivity contribution in [3.05, 3.63) is 112 Å². The van der Waals surface area contributed by atoms with Crippen molar-refractivity contribution in [3.8, 4) is 22.5 Å². The van der Waals surface area contributed by atoms with Crippen molar-refractivity contribution in [2.24, 2.45) is 0 Å². The Balaban J connectivity index is 1.44. The molecule has 7 heteroatoms. The average Bonchev–Trinajstić information content (AvgIpc) is 3.64. The van der Waals surface area contributed by atoms with E-state index >= 15 is 4.39 Å². The molecule has 0 bridgehead atoms. The standard InChI is InChI=1S/C35H30F2N2O3/c1-19-16-20(2)26(27(40)18-35(14-15-35)29-7-5-6-21(3)39-29)17-25(19)24-12-13-28-30(32(24)37)31(34(41)38-4)33(42-28)22-8-10-23(36)11-9-22/h5-13,16-17H,14-15,18H2,1-4H3,(H,38,41). The summed E-state index contributed by atoms with van der Waals surface area (Å²) in [5, 5.41) is 2.59. The number of furan rings is 1. The number of Topliss-reactive ketones (excluding diaryl/α,β-unsaturated/α-hetero) is 1. The summed E-state index contributed by atoms with van der Waals surface area (Å²) in [6.45, 7) is 5.71. The van der Waals surface area contributed by atoms with Crippen LogP contribution in [0.15, 0.2) is 71.1 Å². The number of aromatic nitrogens is 1. The third kappa shape index (κ3) is 4.69. The Kier molecular flexibility index (Phi) is 6.76. The van der Waals surface area contributed by atoms with Gasteiger partial charge in [-0.15, -0.1) is 0 Å². The number of ketones is 1. The highest BCUT2D eigenvalue weighted by atomic mass is 19.1. The Morgan fingerprint density at radius 3 is 2.33 bits per heavy atom. The molecular weight excluding hydrogens is 534 g/mol. The van der Waals surface area contributed by atoms with Crippen molar-refractivity contribution in [2.75, 3.05) is 7.05 Å². The molecule has 0 radical (unpaired) electrons. The number of nitrogens with one attached hydrogen (secondary N) is 1. The van der Waals surface area contributed by atoms with Crippen LogP contribution in [0.5, 0.6) is 0 Å². The van der Waals surface area contributed by atoms with Crippen LogP contribution in [0.4, 0.5) is 8.78 Å². The summed E-state index contributed by atoms with van der Waals surface area (Å²) in [7, 11) is 1.46. The number of amides is 1. The normalized spacial score (nSPS) is 13.8. The molecule has 1 N–H and O–H groups in total. The van der Waals surface area contributed by atoms with E-state index in [2.05, 4.69) is 5.32 Å². The largest absolute Gasteiger partial charge is 0.455 e. The first-order valence-electron chi connectivity index (χ1n) is 13.9. The molecule has 5 aromatic rings. The molecule has 2 heterocycles. The highest BCUT2D eigenvalue weighted by molar-refractivity contribution is 6.12. The van der Waals surface area contributed by atoms with E-state index in [4.69, 9.17) is 9.40 Å². The summed E-state index contributed by atoms with van der Waals surface area (Å²) < 4.78 is 36.0. The predicted molar refractivity (Wildman–Crippen MR) is 159 cm³/mol. The van der Waals surface area contributed by atoms with Crippen molar-refractivity contribution < 1.29 is 22.8 Å². The molecule has 3 aromatic carbocycles. The van der Waals surface area contributed by atoms with Gasteiger partial charge in [-0.2, -0.15) is 0 Å². The van der Waals surface area contributed by atoms with Crippen LogP contribution in [-0.2, 0) is 5.41 Å². The summed E-state index contributed by atoms with van der Waals surface area (Å²) in [5.74, 6) is -1.45. The van der Waals surface area contributed by atoms with Crippen LogP contribution in [0.25, 0.3) is 33.4 Å². The maximum Gasteiger partial charge on any atom is 0.255 e. The fraction of sp³-hybridized carbons (Fsp3) is 0.229. The third-order valence-corrected chi connectivity index (χ3v) is 8.30. The van der Waals surface area contributed by atoms with E-state index in [0.717, 1.165) is 35.4 Å². The van der Waals surface area contributed by atoms with Gasteiger partial charge in [-0.25, -0.2) is 8.78 Å². The zero-order valence-corrected chi connectivity index (χ0v) is 23.9. The average molecular weight is 565 g/mol. The first-order chi connectivity index (χ1) is 20.1. The molecule has 1 amide bonds. The van der Waals surface area contributed by atoms with E-state index in [0.29, 0.717) is 23.1 Å². The molecule has 0 saturated heterocycles. The first kappa shape index (κ1) is 27.5. The van der Waals surface area contributed by atoms with Crippen molar-refractivity contribution >= 4 is 22.7 Å². The number of benzene rings is 3. The Morgan fingerprint density at radius 2 is 1.67 bits per heavy atom. The summed E-state index contributed by atoms with van der Waals surface area (Å²) in [5.41, 5.74) is 5.25. The van der Waals surface area contributed by atoms with Crippen LogP contribution >= 0.6 is 0 Å². The minimum Gasteiger partial charge on any atom is -0.455 e. The molecule has 0 atom stereocenters. The monoisotopic (exact) mass is 564 g/mol. The van der Waals surface area contributed by atoms with Gasteiger partial charge in [0.25, 0.3) is 5.91 Å². The molecule has 2 aromatic heterocycles. The Morgan fingerprint density at radius 1 is 0.929 bits per heavy atom. The van der Waals surface area contributed by atoms with Gasteiger partial charge >= 0.3 is 0 Å². The van der Waals surface area contributed by atoms with Gasteiger partial charge in [0.2, 0.25) is 0 Å². The van der Waals surface area contributed by atoms with E-state index in [1.165, 1.54) is 31.3 Å². The minimum absolute atomic E-state index is 0.0102. The second kappa shape index (κ2) is 10.3. The third-order valence-electron chi connectivity index (χ3n) is 8.30. The fourth-order valence-electron chi connectivity index (χ4n) is 5.86. The summed E-state index contributed by atoms with van der Waals surface area (Å²) >= 11 is 0. The lowest BCUT2D eigenvalue weighted by atomic mass is 9.87. The van der Waals surface area contributed by atoms with E-state index in [-0.39, 0.29) is 39.1 Å². The fourth-order valence-corrected chi connectivity index (χ4v) is 5.86. The molecule has 0 aliphatic heterocycles. The number of pyridine rings is 1. The van der Waals surface area contributed by atoms with Crippen molar-refractivity contribution in [1.82, 2.24) is 10.3 Å². The van der Waals surface area contributed by atoms with Gasteiger partial charge in [0.15, 0.2) is 5.78 Å². The van der Waals surface area contributed by atoms with Gasteiger partial charge in [-0.05, 0) is 105 Å². The molecule has 0 unspecified atom stereocenters. The number of aryl methyl sites for hydroxylation is 3. The number of carbonyl (C=O) groups excluding carboxylic acids is 2. The number of nitrogens with zero attached hydrogens (tertiary/aromatic N) is 1. The van der Waals surface area contributed by atoms with E-state index < -0.39 is 17.5 Å². The minimum atomic E-state index is -0.629. The zero-order valence-electron chi connectivity index (χ0n) is 23.9.